The Labute approximate surface area is 114 Å². The van der Waals surface area contributed by atoms with Crippen LogP contribution in [0, 0.1) is 5.92 Å². The summed E-state index contributed by atoms with van der Waals surface area (Å²) in [6, 6.07) is 11.2. The number of aromatic nitrogens is 2. The second kappa shape index (κ2) is 5.47. The van der Waals surface area contributed by atoms with Gasteiger partial charge in [0.15, 0.2) is 0 Å². The van der Waals surface area contributed by atoms with E-state index in [1.54, 1.807) is 0 Å². The van der Waals surface area contributed by atoms with Gasteiger partial charge in [-0.25, -0.2) is 0 Å². The predicted octanol–water partition coefficient (Wildman–Crippen LogP) is 3.53. The fourth-order valence-corrected chi connectivity index (χ4v) is 2.54. The van der Waals surface area contributed by atoms with Gasteiger partial charge in [0.05, 0.1) is 6.54 Å². The number of hydrogen-bond donors (Lipinski definition) is 1. The predicted molar refractivity (Wildman–Crippen MR) is 78.2 cm³/mol. The van der Waals surface area contributed by atoms with Crippen LogP contribution in [0.15, 0.2) is 42.7 Å². The standard InChI is InChI=1S/C16H21N3/c1-13(10-14-6-7-14)18-16-5-2-4-15(11-16)12-19-9-3-8-17-19/h2-5,8-9,11,13-14,18H,6-7,10,12H2,1H3. The monoisotopic (exact) mass is 255 g/mol. The van der Waals surface area contributed by atoms with Crippen LogP contribution in [-0.4, -0.2) is 15.8 Å². The molecule has 3 nitrogen and oxygen atoms in total. The lowest BCUT2D eigenvalue weighted by molar-refractivity contribution is 0.642. The minimum atomic E-state index is 0.562. The molecule has 2 aromatic rings. The van der Waals surface area contributed by atoms with Crippen molar-refractivity contribution in [2.45, 2.75) is 38.8 Å². The molecule has 1 aliphatic carbocycles. The Morgan fingerprint density at radius 3 is 3.00 bits per heavy atom. The molecule has 1 N–H and O–H groups in total. The highest BCUT2D eigenvalue weighted by atomic mass is 15.3. The van der Waals surface area contributed by atoms with Gasteiger partial charge in [0.1, 0.15) is 0 Å². The van der Waals surface area contributed by atoms with Crippen molar-refractivity contribution in [2.75, 3.05) is 5.32 Å². The van der Waals surface area contributed by atoms with Crippen LogP contribution in [0.4, 0.5) is 5.69 Å². The van der Waals surface area contributed by atoms with Gasteiger partial charge in [-0.15, -0.1) is 0 Å². The highest BCUT2D eigenvalue weighted by Gasteiger charge is 2.23. The van der Waals surface area contributed by atoms with Gasteiger partial charge in [0.25, 0.3) is 0 Å². The van der Waals surface area contributed by atoms with Crippen molar-refractivity contribution < 1.29 is 0 Å². The summed E-state index contributed by atoms with van der Waals surface area (Å²) >= 11 is 0. The number of rotatable bonds is 6. The van der Waals surface area contributed by atoms with Gasteiger partial charge < -0.3 is 5.32 Å². The van der Waals surface area contributed by atoms with Crippen molar-refractivity contribution in [2.24, 2.45) is 5.92 Å². The summed E-state index contributed by atoms with van der Waals surface area (Å²) in [5.74, 6) is 0.967. The smallest absolute Gasteiger partial charge is 0.0660 e. The number of nitrogens with zero attached hydrogens (tertiary/aromatic N) is 2. The average molecular weight is 255 g/mol. The summed E-state index contributed by atoms with van der Waals surface area (Å²) in [6.07, 6.45) is 7.95. The van der Waals surface area contributed by atoms with Crippen LogP contribution in [0.25, 0.3) is 0 Å². The van der Waals surface area contributed by atoms with E-state index in [0.29, 0.717) is 6.04 Å². The van der Waals surface area contributed by atoms with E-state index in [1.807, 2.05) is 23.1 Å². The molecular weight excluding hydrogens is 234 g/mol. The minimum Gasteiger partial charge on any atom is -0.383 e. The second-order valence-corrected chi connectivity index (χ2v) is 5.63. The zero-order chi connectivity index (χ0) is 13.1. The molecule has 1 aromatic heterocycles. The lowest BCUT2D eigenvalue weighted by Crippen LogP contribution is -2.15. The molecule has 1 saturated carbocycles. The highest BCUT2D eigenvalue weighted by Crippen LogP contribution is 2.34. The Morgan fingerprint density at radius 1 is 1.37 bits per heavy atom. The molecule has 3 rings (SSSR count). The van der Waals surface area contributed by atoms with Gasteiger partial charge in [-0.05, 0) is 43.0 Å². The van der Waals surface area contributed by atoms with Gasteiger partial charge in [-0.3, -0.25) is 4.68 Å². The van der Waals surface area contributed by atoms with E-state index in [2.05, 4.69) is 41.6 Å². The molecule has 0 spiro atoms. The molecule has 0 saturated heterocycles. The molecule has 1 aliphatic rings. The van der Waals surface area contributed by atoms with E-state index in [0.717, 1.165) is 12.5 Å². The van der Waals surface area contributed by atoms with E-state index >= 15 is 0 Å². The molecule has 100 valence electrons. The third-order valence-corrected chi connectivity index (χ3v) is 3.63. The quantitative estimate of drug-likeness (QED) is 0.855. The average Bonchev–Trinajstić information content (AvgIpc) is 3.04. The lowest BCUT2D eigenvalue weighted by atomic mass is 10.1. The zero-order valence-electron chi connectivity index (χ0n) is 11.4. The van der Waals surface area contributed by atoms with Crippen molar-refractivity contribution in [3.05, 3.63) is 48.3 Å². The van der Waals surface area contributed by atoms with E-state index in [4.69, 9.17) is 0 Å². The van der Waals surface area contributed by atoms with Crippen LogP contribution >= 0.6 is 0 Å². The molecule has 0 bridgehead atoms. The Kier molecular flexibility index (Phi) is 3.53. The maximum absolute atomic E-state index is 4.25. The highest BCUT2D eigenvalue weighted by molar-refractivity contribution is 5.46. The summed E-state index contributed by atoms with van der Waals surface area (Å²) < 4.78 is 1.95. The third-order valence-electron chi connectivity index (χ3n) is 3.63. The van der Waals surface area contributed by atoms with Crippen LogP contribution < -0.4 is 5.32 Å². The molecule has 1 heterocycles. The van der Waals surface area contributed by atoms with Gasteiger partial charge in [-0.2, -0.15) is 5.10 Å². The molecule has 0 amide bonds. The summed E-state index contributed by atoms with van der Waals surface area (Å²) in [4.78, 5) is 0. The molecule has 1 atom stereocenters. The fraction of sp³-hybridized carbons (Fsp3) is 0.438. The molecule has 19 heavy (non-hydrogen) atoms. The second-order valence-electron chi connectivity index (χ2n) is 5.63. The van der Waals surface area contributed by atoms with Crippen LogP contribution in [0.5, 0.6) is 0 Å². The number of benzene rings is 1. The normalized spacial score (nSPS) is 16.3. The summed E-state index contributed by atoms with van der Waals surface area (Å²) in [5, 5.41) is 7.85. The number of anilines is 1. The zero-order valence-corrected chi connectivity index (χ0v) is 11.4. The van der Waals surface area contributed by atoms with Gasteiger partial charge in [0, 0.05) is 24.1 Å². The topological polar surface area (TPSA) is 29.9 Å². The summed E-state index contributed by atoms with van der Waals surface area (Å²) in [7, 11) is 0. The van der Waals surface area contributed by atoms with Crippen LogP contribution in [0.2, 0.25) is 0 Å². The maximum Gasteiger partial charge on any atom is 0.0660 e. The molecule has 1 unspecified atom stereocenters. The van der Waals surface area contributed by atoms with Crippen molar-refractivity contribution in [1.82, 2.24) is 9.78 Å². The largest absolute Gasteiger partial charge is 0.383 e. The summed E-state index contributed by atoms with van der Waals surface area (Å²) in [6.45, 7) is 3.11. The molecule has 3 heteroatoms. The summed E-state index contributed by atoms with van der Waals surface area (Å²) in [5.41, 5.74) is 2.50. The Balaban J connectivity index is 1.61. The first-order valence-electron chi connectivity index (χ1n) is 7.12. The molecule has 0 aliphatic heterocycles. The van der Waals surface area contributed by atoms with Crippen molar-refractivity contribution in [1.29, 1.82) is 0 Å². The van der Waals surface area contributed by atoms with Crippen LogP contribution in [0.3, 0.4) is 0 Å². The molecule has 1 aromatic carbocycles. The number of hydrogen-bond acceptors (Lipinski definition) is 2. The number of nitrogens with one attached hydrogen (secondary N) is 1. The first-order valence-corrected chi connectivity index (χ1v) is 7.12. The van der Waals surface area contributed by atoms with E-state index < -0.39 is 0 Å². The van der Waals surface area contributed by atoms with Crippen LogP contribution in [-0.2, 0) is 6.54 Å². The van der Waals surface area contributed by atoms with Crippen molar-refractivity contribution in [3.63, 3.8) is 0 Å². The Morgan fingerprint density at radius 2 is 2.26 bits per heavy atom. The van der Waals surface area contributed by atoms with E-state index in [9.17, 15) is 0 Å². The van der Waals surface area contributed by atoms with Gasteiger partial charge >= 0.3 is 0 Å². The minimum absolute atomic E-state index is 0.562. The Bertz CT molecular complexity index is 515. The SMILES string of the molecule is CC(CC1CC1)Nc1cccc(Cn2cccn2)c1. The van der Waals surface area contributed by atoms with E-state index in [-0.39, 0.29) is 0 Å². The maximum atomic E-state index is 4.25. The first-order chi connectivity index (χ1) is 9.29. The van der Waals surface area contributed by atoms with Gasteiger partial charge in [0.2, 0.25) is 0 Å². The molecule has 0 radical (unpaired) electrons. The first kappa shape index (κ1) is 12.3. The van der Waals surface area contributed by atoms with Crippen molar-refractivity contribution in [3.8, 4) is 0 Å². The Hall–Kier alpha value is -1.77. The fourth-order valence-electron chi connectivity index (χ4n) is 2.54. The molecule has 1 fully saturated rings. The van der Waals surface area contributed by atoms with E-state index in [1.165, 1.54) is 30.5 Å². The van der Waals surface area contributed by atoms with Gasteiger partial charge in [-0.1, -0.05) is 25.0 Å². The third kappa shape index (κ3) is 3.60. The lowest BCUT2D eigenvalue weighted by Gasteiger charge is -2.15. The molecular formula is C16H21N3. The van der Waals surface area contributed by atoms with Crippen molar-refractivity contribution >= 4 is 5.69 Å². The van der Waals surface area contributed by atoms with Crippen LogP contribution in [0.1, 0.15) is 31.7 Å².